The number of aryl methyl sites for hydroxylation is 1. The van der Waals surface area contributed by atoms with Crippen LogP contribution in [0.15, 0.2) is 60.7 Å². The van der Waals surface area contributed by atoms with E-state index in [0.717, 1.165) is 17.7 Å². The van der Waals surface area contributed by atoms with Gasteiger partial charge in [0.05, 0.1) is 0 Å². The van der Waals surface area contributed by atoms with Gasteiger partial charge in [0.1, 0.15) is 17.3 Å². The molecule has 0 fully saturated rings. The molecule has 3 rings (SSSR count). The van der Waals surface area contributed by atoms with E-state index in [1.807, 2.05) is 42.5 Å². The predicted octanol–water partition coefficient (Wildman–Crippen LogP) is 3.46. The van der Waals surface area contributed by atoms with Crippen LogP contribution >= 0.6 is 0 Å². The van der Waals surface area contributed by atoms with Crippen molar-refractivity contribution >= 4 is 29.0 Å². The number of hydrogen-bond donors (Lipinski definition) is 3. The maximum absolute atomic E-state index is 12.5. The number of anilines is 3. The molecule has 2 amide bonds. The van der Waals surface area contributed by atoms with Crippen LogP contribution in [0.3, 0.4) is 0 Å². The smallest absolute Gasteiger partial charge is 0.270 e. The summed E-state index contributed by atoms with van der Waals surface area (Å²) in [7, 11) is 0. The summed E-state index contributed by atoms with van der Waals surface area (Å²) in [6.07, 6.45) is 0.748. The van der Waals surface area contributed by atoms with Gasteiger partial charge in [-0.1, -0.05) is 36.4 Å². The summed E-state index contributed by atoms with van der Waals surface area (Å²) in [5.74, 6) is 0.600. The molecule has 0 spiro atoms. The first kappa shape index (κ1) is 20.0. The van der Waals surface area contributed by atoms with Crippen LogP contribution in [0.2, 0.25) is 0 Å². The number of rotatable bonds is 7. The first-order valence-corrected chi connectivity index (χ1v) is 9.32. The van der Waals surface area contributed by atoms with Gasteiger partial charge in [0, 0.05) is 30.9 Å². The topological polar surface area (TPSA) is 96.0 Å². The fraction of sp³-hybridized carbons (Fsp3) is 0.182. The lowest BCUT2D eigenvalue weighted by Crippen LogP contribution is -2.27. The molecule has 0 aliphatic carbocycles. The first-order chi connectivity index (χ1) is 14.0. The summed E-state index contributed by atoms with van der Waals surface area (Å²) in [5.41, 5.74) is 2.87. The van der Waals surface area contributed by atoms with Crippen LogP contribution in [-0.4, -0.2) is 28.3 Å². The minimum absolute atomic E-state index is 0.144. The van der Waals surface area contributed by atoms with Crippen LogP contribution in [0.1, 0.15) is 28.8 Å². The molecule has 0 aliphatic heterocycles. The van der Waals surface area contributed by atoms with Crippen LogP contribution in [0.25, 0.3) is 0 Å². The van der Waals surface area contributed by atoms with E-state index in [1.165, 1.54) is 6.92 Å². The predicted molar refractivity (Wildman–Crippen MR) is 113 cm³/mol. The van der Waals surface area contributed by atoms with Crippen molar-refractivity contribution in [3.63, 3.8) is 0 Å². The number of aromatic nitrogens is 2. The zero-order valence-corrected chi connectivity index (χ0v) is 16.4. The zero-order valence-electron chi connectivity index (χ0n) is 16.4. The molecule has 0 radical (unpaired) electrons. The molecule has 3 aromatic rings. The van der Waals surface area contributed by atoms with Crippen molar-refractivity contribution in [2.45, 2.75) is 20.3 Å². The molecule has 1 aromatic heterocycles. The van der Waals surface area contributed by atoms with Crippen molar-refractivity contribution in [3.8, 4) is 0 Å². The van der Waals surface area contributed by atoms with Gasteiger partial charge in [-0.05, 0) is 37.1 Å². The van der Waals surface area contributed by atoms with Crippen molar-refractivity contribution < 1.29 is 9.59 Å². The van der Waals surface area contributed by atoms with Gasteiger partial charge in [-0.25, -0.2) is 9.97 Å². The molecule has 0 saturated carbocycles. The summed E-state index contributed by atoms with van der Waals surface area (Å²) in [6, 6.07) is 18.8. The number of carbonyl (C=O) groups excluding carboxylic acids is 2. The highest BCUT2D eigenvalue weighted by atomic mass is 16.2. The highest BCUT2D eigenvalue weighted by Crippen LogP contribution is 2.19. The number of hydrogen-bond acceptors (Lipinski definition) is 5. The van der Waals surface area contributed by atoms with Gasteiger partial charge in [-0.15, -0.1) is 0 Å². The second-order valence-electron chi connectivity index (χ2n) is 6.56. The van der Waals surface area contributed by atoms with E-state index in [4.69, 9.17) is 0 Å². The third-order valence-electron chi connectivity index (χ3n) is 4.07. The van der Waals surface area contributed by atoms with E-state index in [-0.39, 0.29) is 11.8 Å². The number of carbonyl (C=O) groups is 2. The first-order valence-electron chi connectivity index (χ1n) is 9.32. The monoisotopic (exact) mass is 389 g/mol. The van der Waals surface area contributed by atoms with Gasteiger partial charge in [0.2, 0.25) is 5.91 Å². The van der Waals surface area contributed by atoms with Crippen LogP contribution in [-0.2, 0) is 11.2 Å². The Hall–Kier alpha value is -3.74. The van der Waals surface area contributed by atoms with E-state index in [1.54, 1.807) is 25.1 Å². The zero-order chi connectivity index (χ0) is 20.6. The third-order valence-corrected chi connectivity index (χ3v) is 4.07. The molecular formula is C22H23N5O2. The fourth-order valence-electron chi connectivity index (χ4n) is 2.83. The Morgan fingerprint density at radius 1 is 0.931 bits per heavy atom. The van der Waals surface area contributed by atoms with Gasteiger partial charge >= 0.3 is 0 Å². The second-order valence-corrected chi connectivity index (χ2v) is 6.56. The van der Waals surface area contributed by atoms with E-state index >= 15 is 0 Å². The maximum Gasteiger partial charge on any atom is 0.270 e. The Kier molecular flexibility index (Phi) is 6.52. The molecule has 148 valence electrons. The molecule has 29 heavy (non-hydrogen) atoms. The molecule has 0 atom stereocenters. The minimum Gasteiger partial charge on any atom is -0.350 e. The van der Waals surface area contributed by atoms with Crippen LogP contribution < -0.4 is 16.0 Å². The van der Waals surface area contributed by atoms with Gasteiger partial charge in [0.15, 0.2) is 0 Å². The molecule has 1 heterocycles. The highest BCUT2D eigenvalue weighted by Gasteiger charge is 2.11. The van der Waals surface area contributed by atoms with E-state index < -0.39 is 0 Å². The Balaban J connectivity index is 1.66. The lowest BCUT2D eigenvalue weighted by molar-refractivity contribution is -0.114. The SMILES string of the molecule is CC(=O)Nc1cccc(Nc2cc(C(=O)NCCc3ccccc3)nc(C)n2)c1. The molecule has 0 unspecified atom stereocenters. The van der Waals surface area contributed by atoms with Gasteiger partial charge < -0.3 is 16.0 Å². The average molecular weight is 389 g/mol. The van der Waals surface area contributed by atoms with Crippen molar-refractivity contribution in [1.29, 1.82) is 0 Å². The lowest BCUT2D eigenvalue weighted by Gasteiger charge is -2.10. The number of nitrogens with zero attached hydrogens (tertiary/aromatic N) is 2. The average Bonchev–Trinajstić information content (AvgIpc) is 2.68. The summed E-state index contributed by atoms with van der Waals surface area (Å²) in [6.45, 7) is 3.71. The Labute approximate surface area is 169 Å². The number of benzene rings is 2. The van der Waals surface area contributed by atoms with Crippen LogP contribution in [0, 0.1) is 6.92 Å². The lowest BCUT2D eigenvalue weighted by atomic mass is 10.1. The van der Waals surface area contributed by atoms with E-state index in [2.05, 4.69) is 25.9 Å². The molecule has 0 aliphatic rings. The summed E-state index contributed by atoms with van der Waals surface area (Å²) in [5, 5.41) is 8.78. The van der Waals surface area contributed by atoms with E-state index in [9.17, 15) is 9.59 Å². The molecule has 2 aromatic carbocycles. The largest absolute Gasteiger partial charge is 0.350 e. The maximum atomic E-state index is 12.5. The standard InChI is InChI=1S/C22H23N5O2/c1-15-24-20(22(29)23-12-11-17-7-4-3-5-8-17)14-21(25-15)27-19-10-6-9-18(13-19)26-16(2)28/h3-10,13-14H,11-12H2,1-2H3,(H,23,29)(H,26,28)(H,24,25,27). The van der Waals surface area contributed by atoms with Crippen molar-refractivity contribution in [1.82, 2.24) is 15.3 Å². The highest BCUT2D eigenvalue weighted by molar-refractivity contribution is 5.93. The fourth-order valence-corrected chi connectivity index (χ4v) is 2.83. The summed E-state index contributed by atoms with van der Waals surface area (Å²) < 4.78 is 0. The van der Waals surface area contributed by atoms with E-state index in [0.29, 0.717) is 29.6 Å². The second kappa shape index (κ2) is 9.45. The molecular weight excluding hydrogens is 366 g/mol. The van der Waals surface area contributed by atoms with Gasteiger partial charge in [0.25, 0.3) is 5.91 Å². The molecule has 0 bridgehead atoms. The Bertz CT molecular complexity index is 1010. The van der Waals surface area contributed by atoms with Crippen molar-refractivity contribution in [3.05, 3.63) is 77.7 Å². The molecule has 0 saturated heterocycles. The number of nitrogens with one attached hydrogen (secondary N) is 3. The quantitative estimate of drug-likeness (QED) is 0.575. The normalized spacial score (nSPS) is 10.3. The van der Waals surface area contributed by atoms with Crippen LogP contribution in [0.4, 0.5) is 17.2 Å². The van der Waals surface area contributed by atoms with Gasteiger partial charge in [-0.3, -0.25) is 9.59 Å². The van der Waals surface area contributed by atoms with Crippen molar-refractivity contribution in [2.75, 3.05) is 17.2 Å². The van der Waals surface area contributed by atoms with Crippen LogP contribution in [0.5, 0.6) is 0 Å². The summed E-state index contributed by atoms with van der Waals surface area (Å²) in [4.78, 5) is 32.3. The minimum atomic E-state index is -0.249. The third kappa shape index (κ3) is 6.14. The van der Waals surface area contributed by atoms with Gasteiger partial charge in [-0.2, -0.15) is 0 Å². The Morgan fingerprint density at radius 2 is 1.69 bits per heavy atom. The van der Waals surface area contributed by atoms with Crippen molar-refractivity contribution in [2.24, 2.45) is 0 Å². The molecule has 7 heteroatoms. The molecule has 7 nitrogen and oxygen atoms in total. The number of amides is 2. The Morgan fingerprint density at radius 3 is 2.45 bits per heavy atom. The molecule has 3 N–H and O–H groups in total. The summed E-state index contributed by atoms with van der Waals surface area (Å²) >= 11 is 0.